The molecule has 0 bridgehead atoms. The molecule has 2 aromatic carbocycles. The van der Waals surface area contributed by atoms with Crippen molar-refractivity contribution in [1.82, 2.24) is 10.6 Å². The van der Waals surface area contributed by atoms with Crippen molar-refractivity contribution in [1.29, 1.82) is 0 Å². The lowest BCUT2D eigenvalue weighted by atomic mass is 9.84. The van der Waals surface area contributed by atoms with Gasteiger partial charge >= 0.3 is 12.1 Å². The van der Waals surface area contributed by atoms with Crippen molar-refractivity contribution in [3.8, 4) is 11.1 Å². The summed E-state index contributed by atoms with van der Waals surface area (Å²) in [7, 11) is 0. The van der Waals surface area contributed by atoms with E-state index in [0.717, 1.165) is 24.0 Å². The van der Waals surface area contributed by atoms with E-state index in [0.29, 0.717) is 19.3 Å². The van der Waals surface area contributed by atoms with Gasteiger partial charge in [-0.05, 0) is 48.4 Å². The number of benzene rings is 2. The Hall–Kier alpha value is -3.35. The standard InChI is InChI=1S/C27H32N2O5/c1-18(12-13-24(30)31)29-25(32)27(14-6-7-15-27)17-28-26(33)34-16-23-21-10-4-2-8-19(21)20-9-3-5-11-22(20)23/h2-5,8-11,18,23H,6-7,12-17H2,1H3,(H,28,33)(H,29,32)(H,30,31). The van der Waals surface area contributed by atoms with Gasteiger partial charge in [-0.2, -0.15) is 0 Å². The highest BCUT2D eigenvalue weighted by Crippen LogP contribution is 2.44. The van der Waals surface area contributed by atoms with Crippen LogP contribution in [0, 0.1) is 5.41 Å². The zero-order valence-corrected chi connectivity index (χ0v) is 19.5. The minimum Gasteiger partial charge on any atom is -0.481 e. The minimum absolute atomic E-state index is 0.00640. The molecule has 3 N–H and O–H groups in total. The van der Waals surface area contributed by atoms with Crippen LogP contribution in [-0.4, -0.2) is 42.3 Å². The summed E-state index contributed by atoms with van der Waals surface area (Å²) in [5.41, 5.74) is 3.97. The molecule has 180 valence electrons. The molecule has 1 unspecified atom stereocenters. The molecule has 0 radical (unpaired) electrons. The highest BCUT2D eigenvalue weighted by Gasteiger charge is 2.42. The van der Waals surface area contributed by atoms with Crippen molar-refractivity contribution in [2.75, 3.05) is 13.2 Å². The van der Waals surface area contributed by atoms with Crippen LogP contribution in [0.3, 0.4) is 0 Å². The Bertz CT molecular complexity index is 1010. The first-order valence-corrected chi connectivity index (χ1v) is 12.0. The van der Waals surface area contributed by atoms with E-state index >= 15 is 0 Å². The Kier molecular flexibility index (Phi) is 7.20. The van der Waals surface area contributed by atoms with Gasteiger partial charge in [-0.25, -0.2) is 4.79 Å². The SMILES string of the molecule is CC(CCC(=O)O)NC(=O)C1(CNC(=O)OCC2c3ccccc3-c3ccccc32)CCCC1. The number of alkyl carbamates (subject to hydrolysis) is 1. The number of nitrogens with one attached hydrogen (secondary N) is 2. The first-order valence-electron chi connectivity index (χ1n) is 12.0. The number of aliphatic carboxylic acids is 1. The molecule has 0 aromatic heterocycles. The zero-order valence-electron chi connectivity index (χ0n) is 19.5. The summed E-state index contributed by atoms with van der Waals surface area (Å²) in [6, 6.07) is 16.1. The Morgan fingerprint density at radius 3 is 2.21 bits per heavy atom. The third kappa shape index (κ3) is 5.08. The number of fused-ring (bicyclic) bond motifs is 3. The third-order valence-corrected chi connectivity index (χ3v) is 7.13. The number of rotatable bonds is 9. The Labute approximate surface area is 199 Å². The highest BCUT2D eigenvalue weighted by atomic mass is 16.5. The fraction of sp³-hybridized carbons (Fsp3) is 0.444. The second-order valence-electron chi connectivity index (χ2n) is 9.47. The van der Waals surface area contributed by atoms with Crippen LogP contribution in [0.2, 0.25) is 0 Å². The first-order chi connectivity index (χ1) is 16.4. The summed E-state index contributed by atoms with van der Waals surface area (Å²) in [6.07, 6.45) is 3.07. The highest BCUT2D eigenvalue weighted by molar-refractivity contribution is 5.84. The van der Waals surface area contributed by atoms with E-state index in [1.807, 2.05) is 31.2 Å². The smallest absolute Gasteiger partial charge is 0.407 e. The van der Waals surface area contributed by atoms with Gasteiger partial charge < -0.3 is 20.5 Å². The molecule has 7 nitrogen and oxygen atoms in total. The van der Waals surface area contributed by atoms with Gasteiger partial charge in [0.1, 0.15) is 6.61 Å². The fourth-order valence-corrected chi connectivity index (χ4v) is 5.22. The molecule has 1 saturated carbocycles. The molecule has 2 aromatic rings. The van der Waals surface area contributed by atoms with Crippen molar-refractivity contribution in [2.45, 2.75) is 57.4 Å². The van der Waals surface area contributed by atoms with E-state index in [1.165, 1.54) is 11.1 Å². The molecule has 4 rings (SSSR count). The molecule has 0 aliphatic heterocycles. The average molecular weight is 465 g/mol. The van der Waals surface area contributed by atoms with E-state index in [2.05, 4.69) is 34.9 Å². The summed E-state index contributed by atoms with van der Waals surface area (Å²) < 4.78 is 5.62. The topological polar surface area (TPSA) is 105 Å². The summed E-state index contributed by atoms with van der Waals surface area (Å²) >= 11 is 0. The third-order valence-electron chi connectivity index (χ3n) is 7.13. The number of hydrogen-bond donors (Lipinski definition) is 3. The van der Waals surface area contributed by atoms with E-state index in [4.69, 9.17) is 9.84 Å². The monoisotopic (exact) mass is 464 g/mol. The van der Waals surface area contributed by atoms with Crippen LogP contribution in [0.4, 0.5) is 4.79 Å². The van der Waals surface area contributed by atoms with Crippen LogP contribution in [0.5, 0.6) is 0 Å². The summed E-state index contributed by atoms with van der Waals surface area (Å²) in [4.78, 5) is 36.4. The molecule has 34 heavy (non-hydrogen) atoms. The van der Waals surface area contributed by atoms with Gasteiger partial charge in [-0.3, -0.25) is 9.59 Å². The molecular formula is C27H32N2O5. The van der Waals surface area contributed by atoms with Crippen LogP contribution in [0.15, 0.2) is 48.5 Å². The largest absolute Gasteiger partial charge is 0.481 e. The lowest BCUT2D eigenvalue weighted by Gasteiger charge is -2.29. The minimum atomic E-state index is -0.881. The maximum absolute atomic E-state index is 13.0. The number of amides is 2. The first kappa shape index (κ1) is 23.8. The van der Waals surface area contributed by atoms with Gasteiger partial charge in [0.25, 0.3) is 0 Å². The van der Waals surface area contributed by atoms with Crippen LogP contribution in [-0.2, 0) is 14.3 Å². The van der Waals surface area contributed by atoms with E-state index in [-0.39, 0.29) is 37.4 Å². The summed E-state index contributed by atoms with van der Waals surface area (Å²) in [5, 5.41) is 14.6. The number of carboxylic acids is 1. The quantitative estimate of drug-likeness (QED) is 0.508. The van der Waals surface area contributed by atoms with Crippen molar-refractivity contribution in [3.63, 3.8) is 0 Å². The van der Waals surface area contributed by atoms with Gasteiger partial charge in [0.2, 0.25) is 5.91 Å². The molecule has 0 heterocycles. The Balaban J connectivity index is 1.34. The van der Waals surface area contributed by atoms with E-state index < -0.39 is 17.5 Å². The fourth-order valence-electron chi connectivity index (χ4n) is 5.22. The molecule has 0 saturated heterocycles. The normalized spacial score (nSPS) is 16.9. The predicted molar refractivity (Wildman–Crippen MR) is 128 cm³/mol. The van der Waals surface area contributed by atoms with Crippen LogP contribution < -0.4 is 10.6 Å². The number of ether oxygens (including phenoxy) is 1. The van der Waals surface area contributed by atoms with E-state index in [1.54, 1.807) is 0 Å². The molecule has 2 aliphatic rings. The number of carbonyl (C=O) groups is 3. The lowest BCUT2D eigenvalue weighted by Crippen LogP contribution is -2.49. The van der Waals surface area contributed by atoms with Crippen molar-refractivity contribution < 1.29 is 24.2 Å². The number of hydrogen-bond acceptors (Lipinski definition) is 4. The second-order valence-corrected chi connectivity index (χ2v) is 9.47. The second kappa shape index (κ2) is 10.3. The predicted octanol–water partition coefficient (Wildman–Crippen LogP) is 4.46. The summed E-state index contributed by atoms with van der Waals surface area (Å²) in [6.45, 7) is 2.24. The van der Waals surface area contributed by atoms with Gasteiger partial charge in [-0.1, -0.05) is 61.4 Å². The zero-order chi connectivity index (χ0) is 24.1. The van der Waals surface area contributed by atoms with Crippen LogP contribution in [0.1, 0.15) is 62.5 Å². The van der Waals surface area contributed by atoms with Gasteiger partial charge in [-0.15, -0.1) is 0 Å². The maximum Gasteiger partial charge on any atom is 0.407 e. The molecule has 2 amide bonds. The summed E-state index contributed by atoms with van der Waals surface area (Å²) in [5.74, 6) is -1.02. The van der Waals surface area contributed by atoms with Gasteiger partial charge in [0.15, 0.2) is 0 Å². The molecule has 1 atom stereocenters. The molecule has 1 fully saturated rings. The Morgan fingerprint density at radius 2 is 1.62 bits per heavy atom. The van der Waals surface area contributed by atoms with Crippen molar-refractivity contribution >= 4 is 18.0 Å². The number of carbonyl (C=O) groups excluding carboxylic acids is 2. The van der Waals surface area contributed by atoms with Crippen molar-refractivity contribution in [2.24, 2.45) is 5.41 Å². The lowest BCUT2D eigenvalue weighted by molar-refractivity contribution is -0.138. The van der Waals surface area contributed by atoms with Crippen LogP contribution >= 0.6 is 0 Å². The number of carboxylic acid groups (broad SMARTS) is 1. The van der Waals surface area contributed by atoms with Crippen molar-refractivity contribution in [3.05, 3.63) is 59.7 Å². The van der Waals surface area contributed by atoms with Gasteiger partial charge in [0.05, 0.1) is 5.41 Å². The molecule has 0 spiro atoms. The Morgan fingerprint density at radius 1 is 1.03 bits per heavy atom. The average Bonchev–Trinajstić information content (AvgIpc) is 3.44. The van der Waals surface area contributed by atoms with Gasteiger partial charge in [0, 0.05) is 24.9 Å². The van der Waals surface area contributed by atoms with E-state index in [9.17, 15) is 14.4 Å². The molecular weight excluding hydrogens is 432 g/mol. The van der Waals surface area contributed by atoms with Crippen LogP contribution in [0.25, 0.3) is 11.1 Å². The maximum atomic E-state index is 13.0. The molecule has 2 aliphatic carbocycles. The molecule has 7 heteroatoms.